The van der Waals surface area contributed by atoms with Gasteiger partial charge in [-0.25, -0.2) is 13.8 Å². The molecular formula is C48H50F2N8O7S. The zero-order chi connectivity index (χ0) is 45.9. The van der Waals surface area contributed by atoms with Crippen LogP contribution >= 0.6 is 0 Å². The summed E-state index contributed by atoms with van der Waals surface area (Å²) in [5, 5.41) is 12.5. The normalized spacial score (nSPS) is 21.5. The first-order valence-electron chi connectivity index (χ1n) is 22.6. The third-order valence-electron chi connectivity index (χ3n) is 14.1. The molecular weight excluding hydrogens is 871 g/mol. The van der Waals surface area contributed by atoms with Crippen LogP contribution in [0.5, 0.6) is 0 Å². The molecule has 0 radical (unpaired) electrons. The van der Waals surface area contributed by atoms with Crippen LogP contribution in [0.3, 0.4) is 0 Å². The standard InChI is InChI=1S/C48H50F2N8O7S/c49-39-7-8-40(54-66(64,65)57-20-15-35(59)27-57)44(50)43(39)45(61)38-24-52-46-37(38)22-32(23-51-46)29-1-4-34(5-2-29)56-18-11-28(12-19-56)25-55-16-13-30(14-17-55)31-3-6-36-33(21-31)26-58(48(36)63)41-9-10-42(60)53-47(41)62/h1-8,21-24,28,30,35,41,54,59H,9-20,25-27H2,(H,51,52)(H,53,60,62). The van der Waals surface area contributed by atoms with E-state index in [1.54, 1.807) is 17.2 Å². The van der Waals surface area contributed by atoms with Gasteiger partial charge >= 0.3 is 10.2 Å². The number of nitrogens with zero attached hydrogens (tertiary/aromatic N) is 5. The summed E-state index contributed by atoms with van der Waals surface area (Å²) < 4.78 is 59.7. The topological polar surface area (TPSA) is 188 Å². The van der Waals surface area contributed by atoms with Crippen molar-refractivity contribution in [1.82, 2.24) is 29.4 Å². The smallest absolute Gasteiger partial charge is 0.301 e. The molecule has 66 heavy (non-hydrogen) atoms. The molecule has 5 aromatic rings. The Kier molecular flexibility index (Phi) is 11.7. The van der Waals surface area contributed by atoms with Crippen molar-refractivity contribution in [3.8, 4) is 11.1 Å². The Labute approximate surface area is 380 Å². The lowest BCUT2D eigenvalue weighted by atomic mass is 9.87. The number of nitrogens with one attached hydrogen (secondary N) is 3. The summed E-state index contributed by atoms with van der Waals surface area (Å²) in [6.07, 6.45) is 7.21. The van der Waals surface area contributed by atoms with Crippen LogP contribution in [-0.2, 0) is 26.3 Å². The average molecular weight is 921 g/mol. The SMILES string of the molecule is O=C1CCC(N2Cc3cc(C4CCN(CC5CCN(c6ccc(-c7cnc8[nH]cc(C(=O)c9c(F)ccc(NS(=O)(=O)N%10CCC(O)C%10)c9F)c8c7)cc6)CC5)CC4)ccc3C2=O)C(=O)N1. The van der Waals surface area contributed by atoms with Gasteiger partial charge < -0.3 is 24.8 Å². The molecule has 344 valence electrons. The number of hydrogen-bond acceptors (Lipinski definition) is 10. The van der Waals surface area contributed by atoms with Crippen LogP contribution in [0.1, 0.15) is 88.3 Å². The highest BCUT2D eigenvalue weighted by Gasteiger charge is 2.40. The van der Waals surface area contributed by atoms with Crippen molar-refractivity contribution < 1.29 is 41.5 Å². The number of hydrogen-bond donors (Lipinski definition) is 4. The number of aromatic nitrogens is 2. The molecule has 5 aliphatic rings. The van der Waals surface area contributed by atoms with E-state index in [0.717, 1.165) is 91.7 Å². The van der Waals surface area contributed by atoms with E-state index in [2.05, 4.69) is 54.1 Å². The molecule has 18 heteroatoms. The molecule has 4 fully saturated rings. The van der Waals surface area contributed by atoms with Gasteiger partial charge in [0.1, 0.15) is 17.5 Å². The number of anilines is 2. The van der Waals surface area contributed by atoms with Crippen LogP contribution in [0, 0.1) is 17.6 Å². The summed E-state index contributed by atoms with van der Waals surface area (Å²) in [4.78, 5) is 65.0. The first-order chi connectivity index (χ1) is 31.8. The van der Waals surface area contributed by atoms with Crippen molar-refractivity contribution >= 4 is 56.1 Å². The Morgan fingerprint density at radius 1 is 0.879 bits per heavy atom. The molecule has 0 bridgehead atoms. The second kappa shape index (κ2) is 17.6. The molecule has 10 rings (SSSR count). The fraction of sp³-hybridized carbons (Fsp3) is 0.396. The number of aliphatic hydroxyl groups excluding tert-OH is 1. The van der Waals surface area contributed by atoms with Gasteiger partial charge in [0.05, 0.1) is 17.4 Å². The highest BCUT2D eigenvalue weighted by Crippen LogP contribution is 2.36. The Morgan fingerprint density at radius 2 is 1.65 bits per heavy atom. The summed E-state index contributed by atoms with van der Waals surface area (Å²) in [6, 6.07) is 17.1. The third kappa shape index (κ3) is 8.46. The van der Waals surface area contributed by atoms with Gasteiger partial charge in [-0.3, -0.25) is 29.2 Å². The molecule has 0 aliphatic carbocycles. The van der Waals surface area contributed by atoms with Gasteiger partial charge in [0.2, 0.25) is 17.6 Å². The van der Waals surface area contributed by atoms with E-state index in [-0.39, 0.29) is 43.3 Å². The maximum Gasteiger partial charge on any atom is 0.301 e. The first kappa shape index (κ1) is 43.8. The van der Waals surface area contributed by atoms with Crippen LogP contribution < -0.4 is 14.9 Å². The second-order valence-electron chi connectivity index (χ2n) is 18.2. The zero-order valence-corrected chi connectivity index (χ0v) is 37.0. The van der Waals surface area contributed by atoms with Crippen LogP contribution in [0.25, 0.3) is 22.2 Å². The van der Waals surface area contributed by atoms with Crippen molar-refractivity contribution in [2.75, 3.05) is 55.4 Å². The lowest BCUT2D eigenvalue weighted by Crippen LogP contribution is -2.52. The summed E-state index contributed by atoms with van der Waals surface area (Å²) >= 11 is 0. The first-order valence-corrected chi connectivity index (χ1v) is 24.0. The van der Waals surface area contributed by atoms with Gasteiger partial charge in [-0.15, -0.1) is 0 Å². The predicted molar refractivity (Wildman–Crippen MR) is 242 cm³/mol. The molecule has 4 saturated heterocycles. The minimum Gasteiger partial charge on any atom is -0.392 e. The van der Waals surface area contributed by atoms with E-state index >= 15 is 8.78 Å². The highest BCUT2D eigenvalue weighted by atomic mass is 32.2. The minimum atomic E-state index is -4.27. The van der Waals surface area contributed by atoms with E-state index < -0.39 is 56.9 Å². The Bertz CT molecular complexity index is 2860. The molecule has 3 amide bonds. The molecule has 3 aromatic carbocycles. The van der Waals surface area contributed by atoms with E-state index in [1.807, 2.05) is 18.2 Å². The van der Waals surface area contributed by atoms with Gasteiger partial charge in [-0.1, -0.05) is 24.3 Å². The lowest BCUT2D eigenvalue weighted by Gasteiger charge is -2.38. The summed E-state index contributed by atoms with van der Waals surface area (Å²) in [5.41, 5.74) is 4.31. The second-order valence-corrected chi connectivity index (χ2v) is 19.9. The van der Waals surface area contributed by atoms with Crippen LogP contribution in [0.2, 0.25) is 0 Å². The number of benzene rings is 3. The number of amides is 3. The number of pyridine rings is 1. The van der Waals surface area contributed by atoms with Gasteiger partial charge in [-0.05, 0) is 117 Å². The summed E-state index contributed by atoms with van der Waals surface area (Å²) in [7, 11) is -4.27. The predicted octanol–water partition coefficient (Wildman–Crippen LogP) is 5.32. The van der Waals surface area contributed by atoms with Crippen LogP contribution in [0.15, 0.2) is 73.1 Å². The van der Waals surface area contributed by atoms with Crippen molar-refractivity contribution in [2.24, 2.45) is 5.92 Å². The maximum absolute atomic E-state index is 15.8. The number of fused-ring (bicyclic) bond motifs is 2. The lowest BCUT2D eigenvalue weighted by molar-refractivity contribution is -0.136. The molecule has 0 spiro atoms. The van der Waals surface area contributed by atoms with Crippen molar-refractivity contribution in [3.05, 3.63) is 113 Å². The number of rotatable bonds is 11. The van der Waals surface area contributed by atoms with Crippen molar-refractivity contribution in [1.29, 1.82) is 0 Å². The number of halogens is 2. The van der Waals surface area contributed by atoms with E-state index in [9.17, 15) is 32.7 Å². The third-order valence-corrected chi connectivity index (χ3v) is 15.6. The van der Waals surface area contributed by atoms with Crippen molar-refractivity contribution in [2.45, 2.75) is 69.6 Å². The number of H-pyrrole nitrogens is 1. The highest BCUT2D eigenvalue weighted by molar-refractivity contribution is 7.90. The molecule has 7 heterocycles. The Morgan fingerprint density at radius 3 is 2.38 bits per heavy atom. The number of carbonyl (C=O) groups excluding carboxylic acids is 4. The number of piperidine rings is 3. The Hall–Kier alpha value is -6.08. The molecule has 15 nitrogen and oxygen atoms in total. The van der Waals surface area contributed by atoms with E-state index in [0.29, 0.717) is 47.0 Å². The minimum absolute atomic E-state index is 0.0249. The van der Waals surface area contributed by atoms with Crippen LogP contribution in [0.4, 0.5) is 20.2 Å². The number of likely N-dealkylation sites (tertiary alicyclic amines) is 1. The summed E-state index contributed by atoms with van der Waals surface area (Å²) in [6.45, 7) is 5.22. The molecule has 5 aliphatic heterocycles. The van der Waals surface area contributed by atoms with E-state index in [1.165, 1.54) is 11.8 Å². The number of carbonyl (C=O) groups is 4. The van der Waals surface area contributed by atoms with Gasteiger partial charge in [-0.2, -0.15) is 12.7 Å². The van der Waals surface area contributed by atoms with Gasteiger partial charge in [0, 0.05) is 85.8 Å². The fourth-order valence-corrected chi connectivity index (χ4v) is 11.6. The number of aromatic amines is 1. The number of aliphatic hydroxyl groups is 1. The fourth-order valence-electron chi connectivity index (χ4n) is 10.4. The van der Waals surface area contributed by atoms with E-state index in [4.69, 9.17) is 0 Å². The average Bonchev–Trinajstić information content (AvgIpc) is 4.04. The Balaban J connectivity index is 0.730. The number of β-amino-alcohol motifs (C(OH)–C–C–N with tert-alkyl or cyclic N) is 1. The van der Waals surface area contributed by atoms with Gasteiger partial charge in [0.25, 0.3) is 5.91 Å². The molecule has 2 aromatic heterocycles. The molecule has 4 N–H and O–H groups in total. The maximum atomic E-state index is 15.8. The molecule has 2 atom stereocenters. The quantitative estimate of drug-likeness (QED) is 0.0998. The zero-order valence-electron chi connectivity index (χ0n) is 36.1. The molecule has 0 saturated carbocycles. The summed E-state index contributed by atoms with van der Waals surface area (Å²) in [5.74, 6) is -3.30. The number of ketones is 1. The van der Waals surface area contributed by atoms with Gasteiger partial charge in [0.15, 0.2) is 5.82 Å². The van der Waals surface area contributed by atoms with Crippen molar-refractivity contribution in [3.63, 3.8) is 0 Å². The van der Waals surface area contributed by atoms with Crippen LogP contribution in [-0.4, -0.2) is 119 Å². The number of imide groups is 1. The largest absolute Gasteiger partial charge is 0.392 e. The monoisotopic (exact) mass is 920 g/mol. The molecule has 2 unspecified atom stereocenters.